The summed E-state index contributed by atoms with van der Waals surface area (Å²) < 4.78 is 0. The van der Waals surface area contributed by atoms with Gasteiger partial charge in [0.2, 0.25) is 0 Å². The second-order valence-electron chi connectivity index (χ2n) is 4.56. The van der Waals surface area contributed by atoms with Crippen molar-refractivity contribution in [1.29, 1.82) is 0 Å². The average molecular weight is 178 g/mol. The van der Waals surface area contributed by atoms with Gasteiger partial charge in [-0.25, -0.2) is 0 Å². The number of piperidine rings is 1. The van der Waals surface area contributed by atoms with E-state index in [4.69, 9.17) is 0 Å². The molecule has 2 atom stereocenters. The minimum absolute atomic E-state index is 0.288. The van der Waals surface area contributed by atoms with Crippen molar-refractivity contribution in [3.63, 3.8) is 0 Å². The third-order valence-corrected chi connectivity index (χ3v) is 3.97. The van der Waals surface area contributed by atoms with Crippen molar-refractivity contribution in [2.45, 2.75) is 31.3 Å². The molecule has 2 aliphatic heterocycles. The molecular weight excluding hydrogens is 160 g/mol. The first kappa shape index (κ1) is 8.01. The molecule has 3 rings (SSSR count). The average Bonchev–Trinajstić information content (AvgIpc) is 2.58. The van der Waals surface area contributed by atoms with Crippen molar-refractivity contribution >= 4 is 0 Å². The molecule has 3 aliphatic rings. The van der Waals surface area contributed by atoms with Crippen LogP contribution in [0.15, 0.2) is 12.2 Å². The quantitative estimate of drug-likeness (QED) is 0.563. The first-order valence-corrected chi connectivity index (χ1v) is 5.60. The molecule has 0 bridgehead atoms. The number of rotatable bonds is 0. The lowest BCUT2D eigenvalue weighted by molar-refractivity contribution is 0.0449. The van der Waals surface area contributed by atoms with Crippen LogP contribution in [-0.2, 0) is 0 Å². The lowest BCUT2D eigenvalue weighted by atomic mass is 9.77. The van der Waals surface area contributed by atoms with Crippen LogP contribution in [0.1, 0.15) is 25.7 Å². The third-order valence-electron chi connectivity index (χ3n) is 3.97. The molecule has 2 nitrogen and oxygen atoms in total. The number of nitrogens with zero attached hydrogens (tertiary/aromatic N) is 1. The molecule has 0 saturated carbocycles. The van der Waals surface area contributed by atoms with Gasteiger partial charge in [-0.1, -0.05) is 12.2 Å². The van der Waals surface area contributed by atoms with Crippen molar-refractivity contribution < 1.29 is 0 Å². The van der Waals surface area contributed by atoms with E-state index in [-0.39, 0.29) is 5.66 Å². The molecule has 13 heavy (non-hydrogen) atoms. The van der Waals surface area contributed by atoms with E-state index in [1.165, 1.54) is 45.3 Å². The molecule has 0 radical (unpaired) electrons. The van der Waals surface area contributed by atoms with E-state index >= 15 is 0 Å². The van der Waals surface area contributed by atoms with E-state index in [1.807, 2.05) is 0 Å². The van der Waals surface area contributed by atoms with E-state index in [2.05, 4.69) is 22.4 Å². The third kappa shape index (κ3) is 1.02. The van der Waals surface area contributed by atoms with Crippen molar-refractivity contribution in [3.05, 3.63) is 12.2 Å². The van der Waals surface area contributed by atoms with Gasteiger partial charge in [-0.3, -0.25) is 10.2 Å². The van der Waals surface area contributed by atoms with Crippen LogP contribution in [0.4, 0.5) is 0 Å². The van der Waals surface area contributed by atoms with E-state index in [0.29, 0.717) is 0 Å². The van der Waals surface area contributed by atoms with E-state index in [1.54, 1.807) is 0 Å². The zero-order valence-corrected chi connectivity index (χ0v) is 8.13. The Morgan fingerprint density at radius 1 is 1.31 bits per heavy atom. The minimum Gasteiger partial charge on any atom is -0.294 e. The Labute approximate surface area is 80.0 Å². The lowest BCUT2D eigenvalue weighted by Crippen LogP contribution is -2.59. The summed E-state index contributed by atoms with van der Waals surface area (Å²) >= 11 is 0. The SMILES string of the molecule is C1=CC23NCCN2CCCC3CC1. The summed E-state index contributed by atoms with van der Waals surface area (Å²) in [6.45, 7) is 3.73. The Bertz CT molecular complexity index is 236. The van der Waals surface area contributed by atoms with Crippen LogP contribution >= 0.6 is 0 Å². The van der Waals surface area contributed by atoms with Crippen LogP contribution < -0.4 is 5.32 Å². The van der Waals surface area contributed by atoms with Crippen molar-refractivity contribution in [2.75, 3.05) is 19.6 Å². The molecule has 1 N–H and O–H groups in total. The Hall–Kier alpha value is -0.340. The molecule has 0 aromatic carbocycles. The van der Waals surface area contributed by atoms with Crippen LogP contribution in [0.3, 0.4) is 0 Å². The van der Waals surface area contributed by atoms with Gasteiger partial charge in [0, 0.05) is 19.6 Å². The molecule has 2 heteroatoms. The first-order valence-electron chi connectivity index (χ1n) is 5.60. The van der Waals surface area contributed by atoms with Gasteiger partial charge < -0.3 is 0 Å². The van der Waals surface area contributed by atoms with Gasteiger partial charge in [-0.2, -0.15) is 0 Å². The summed E-state index contributed by atoms with van der Waals surface area (Å²) in [4.78, 5) is 2.65. The minimum atomic E-state index is 0.288. The molecule has 2 saturated heterocycles. The van der Waals surface area contributed by atoms with Crippen molar-refractivity contribution in [2.24, 2.45) is 5.92 Å². The molecule has 0 amide bonds. The van der Waals surface area contributed by atoms with E-state index in [9.17, 15) is 0 Å². The fraction of sp³-hybridized carbons (Fsp3) is 0.818. The molecule has 2 heterocycles. The predicted octanol–water partition coefficient (Wildman–Crippen LogP) is 1.35. The van der Waals surface area contributed by atoms with Crippen molar-refractivity contribution in [1.82, 2.24) is 10.2 Å². The maximum absolute atomic E-state index is 3.71. The fourth-order valence-corrected chi connectivity index (χ4v) is 3.36. The Morgan fingerprint density at radius 3 is 3.31 bits per heavy atom. The van der Waals surface area contributed by atoms with Crippen molar-refractivity contribution in [3.8, 4) is 0 Å². The highest BCUT2D eigenvalue weighted by Gasteiger charge is 2.47. The van der Waals surface area contributed by atoms with E-state index < -0.39 is 0 Å². The van der Waals surface area contributed by atoms with Gasteiger partial charge in [0.15, 0.2) is 0 Å². The predicted molar refractivity (Wildman–Crippen MR) is 53.4 cm³/mol. The number of hydrogen-bond donors (Lipinski definition) is 1. The van der Waals surface area contributed by atoms with Gasteiger partial charge >= 0.3 is 0 Å². The van der Waals surface area contributed by atoms with Crippen LogP contribution in [-0.4, -0.2) is 30.2 Å². The first-order chi connectivity index (χ1) is 6.42. The second-order valence-corrected chi connectivity index (χ2v) is 4.56. The van der Waals surface area contributed by atoms with Gasteiger partial charge in [0.1, 0.15) is 0 Å². The molecule has 2 fully saturated rings. The van der Waals surface area contributed by atoms with Crippen LogP contribution in [0.25, 0.3) is 0 Å². The molecule has 0 aromatic heterocycles. The number of allylic oxidation sites excluding steroid dienone is 1. The number of hydrogen-bond acceptors (Lipinski definition) is 2. The number of nitrogens with one attached hydrogen (secondary N) is 1. The maximum atomic E-state index is 3.71. The van der Waals surface area contributed by atoms with Crippen LogP contribution in [0, 0.1) is 5.92 Å². The van der Waals surface area contributed by atoms with Gasteiger partial charge in [0.25, 0.3) is 0 Å². The molecular formula is C11H18N2. The summed E-state index contributed by atoms with van der Waals surface area (Å²) in [5, 5.41) is 3.71. The van der Waals surface area contributed by atoms with Crippen LogP contribution in [0.5, 0.6) is 0 Å². The van der Waals surface area contributed by atoms with E-state index in [0.717, 1.165) is 5.92 Å². The monoisotopic (exact) mass is 178 g/mol. The molecule has 1 spiro atoms. The molecule has 0 aromatic rings. The Morgan fingerprint density at radius 2 is 2.31 bits per heavy atom. The summed E-state index contributed by atoms with van der Waals surface area (Å²) in [7, 11) is 0. The summed E-state index contributed by atoms with van der Waals surface area (Å²) in [5.74, 6) is 0.883. The Kier molecular flexibility index (Phi) is 1.74. The molecule has 2 unspecified atom stereocenters. The van der Waals surface area contributed by atoms with Crippen LogP contribution in [0.2, 0.25) is 0 Å². The maximum Gasteiger partial charge on any atom is 0.0934 e. The summed E-state index contributed by atoms with van der Waals surface area (Å²) in [5.41, 5.74) is 0.288. The fourth-order valence-electron chi connectivity index (χ4n) is 3.36. The molecule has 1 aliphatic carbocycles. The zero-order valence-electron chi connectivity index (χ0n) is 8.13. The highest BCUT2D eigenvalue weighted by Crippen LogP contribution is 2.40. The Balaban J connectivity index is 1.98. The standard InChI is InChI=1S/C11H18N2/c1-2-6-11-10(4-1)5-3-8-13(11)9-7-12-11/h2,6,10,12H,1,3-5,7-9H2. The summed E-state index contributed by atoms with van der Waals surface area (Å²) in [6.07, 6.45) is 10.3. The normalized spacial score (nSPS) is 44.5. The topological polar surface area (TPSA) is 15.3 Å². The zero-order chi connectivity index (χ0) is 8.73. The van der Waals surface area contributed by atoms with Gasteiger partial charge in [0.05, 0.1) is 5.66 Å². The summed E-state index contributed by atoms with van der Waals surface area (Å²) in [6, 6.07) is 0. The lowest BCUT2D eigenvalue weighted by Gasteiger charge is -2.48. The van der Waals surface area contributed by atoms with Gasteiger partial charge in [-0.05, 0) is 31.6 Å². The largest absolute Gasteiger partial charge is 0.294 e. The highest BCUT2D eigenvalue weighted by atomic mass is 15.4. The second kappa shape index (κ2) is 2.82. The molecule has 72 valence electrons. The smallest absolute Gasteiger partial charge is 0.0934 e. The van der Waals surface area contributed by atoms with Gasteiger partial charge in [-0.15, -0.1) is 0 Å². The highest BCUT2D eigenvalue weighted by molar-refractivity contribution is 5.16.